The first-order valence-electron chi connectivity index (χ1n) is 11.1. The Kier molecular flexibility index (Phi) is 11.9. The number of rotatable bonds is 15. The van der Waals surface area contributed by atoms with E-state index in [1.54, 1.807) is 0 Å². The molecular formula is C22H32N6O9. The molecule has 12 N–H and O–H groups in total. The van der Waals surface area contributed by atoms with Gasteiger partial charge in [0.15, 0.2) is 0 Å². The van der Waals surface area contributed by atoms with Crippen LogP contribution in [0.15, 0.2) is 24.3 Å². The minimum Gasteiger partial charge on any atom is -0.508 e. The van der Waals surface area contributed by atoms with Crippen LogP contribution in [-0.2, 0) is 35.2 Å². The number of aromatic hydroxyl groups is 1. The van der Waals surface area contributed by atoms with Crippen molar-refractivity contribution in [2.75, 3.05) is 0 Å². The van der Waals surface area contributed by atoms with Gasteiger partial charge in [-0.15, -0.1) is 0 Å². The number of aliphatic carboxylic acids is 1. The molecule has 0 aromatic heterocycles. The van der Waals surface area contributed by atoms with Crippen molar-refractivity contribution in [2.24, 2.45) is 17.2 Å². The Morgan fingerprint density at radius 1 is 0.838 bits per heavy atom. The van der Waals surface area contributed by atoms with E-state index >= 15 is 0 Å². The molecule has 5 atom stereocenters. The van der Waals surface area contributed by atoms with Crippen molar-refractivity contribution in [1.29, 1.82) is 0 Å². The van der Waals surface area contributed by atoms with Gasteiger partial charge in [-0.2, -0.15) is 0 Å². The van der Waals surface area contributed by atoms with Crippen molar-refractivity contribution in [3.8, 4) is 5.75 Å². The Hall–Kier alpha value is -4.24. The third-order valence-corrected chi connectivity index (χ3v) is 5.16. The van der Waals surface area contributed by atoms with E-state index in [1.165, 1.54) is 31.2 Å². The fourth-order valence-corrected chi connectivity index (χ4v) is 3.07. The van der Waals surface area contributed by atoms with Gasteiger partial charge in [-0.1, -0.05) is 12.1 Å². The molecule has 15 heteroatoms. The summed E-state index contributed by atoms with van der Waals surface area (Å²) < 4.78 is 0. The molecule has 5 amide bonds. The monoisotopic (exact) mass is 524 g/mol. The Balaban J connectivity index is 3.06. The third kappa shape index (κ3) is 10.9. The molecule has 0 heterocycles. The van der Waals surface area contributed by atoms with Crippen molar-refractivity contribution < 1.29 is 44.1 Å². The summed E-state index contributed by atoms with van der Waals surface area (Å²) >= 11 is 0. The number of carbonyl (C=O) groups excluding carboxylic acids is 5. The molecule has 204 valence electrons. The first-order chi connectivity index (χ1) is 17.2. The molecule has 0 saturated heterocycles. The van der Waals surface area contributed by atoms with E-state index in [0.29, 0.717) is 5.56 Å². The van der Waals surface area contributed by atoms with Gasteiger partial charge in [0.05, 0.1) is 12.5 Å². The van der Waals surface area contributed by atoms with Crippen LogP contribution in [0, 0.1) is 0 Å². The van der Waals surface area contributed by atoms with Gasteiger partial charge in [-0.25, -0.2) is 4.79 Å². The summed E-state index contributed by atoms with van der Waals surface area (Å²) in [6, 6.07) is -0.408. The maximum atomic E-state index is 12.9. The Labute approximate surface area is 211 Å². The normalized spacial score (nSPS) is 14.8. The van der Waals surface area contributed by atoms with E-state index < -0.39 is 72.2 Å². The average Bonchev–Trinajstić information content (AvgIpc) is 2.80. The molecule has 0 spiro atoms. The van der Waals surface area contributed by atoms with Crippen molar-refractivity contribution in [3.05, 3.63) is 29.8 Å². The van der Waals surface area contributed by atoms with Gasteiger partial charge in [-0.3, -0.25) is 24.0 Å². The first kappa shape index (κ1) is 30.8. The lowest BCUT2D eigenvalue weighted by Gasteiger charge is -2.25. The standard InChI is InChI=1S/C22H32N6O9/c1-10(29)18(25)21(35)26-13(6-7-16(23)31)19(33)27-14(9-17(24)32)20(34)28-15(22(36)37)8-11-2-4-12(30)5-3-11/h2-5,10,13-15,18,29-30H,6-9,25H2,1H3,(H2,23,31)(H2,24,32)(H,26,35)(H,27,33)(H,28,34)(H,36,37). The number of primary amides is 2. The quantitative estimate of drug-likeness (QED) is 0.108. The van der Waals surface area contributed by atoms with Crippen LogP contribution in [0.25, 0.3) is 0 Å². The number of phenols is 1. The second kappa shape index (κ2) is 14.4. The maximum absolute atomic E-state index is 12.9. The lowest BCUT2D eigenvalue weighted by molar-refractivity contribution is -0.142. The number of hydrogen-bond donors (Lipinski definition) is 9. The zero-order valence-corrected chi connectivity index (χ0v) is 20.0. The van der Waals surface area contributed by atoms with Gasteiger partial charge < -0.3 is 48.5 Å². The second-order valence-electron chi connectivity index (χ2n) is 8.33. The topological polar surface area (TPSA) is 277 Å². The summed E-state index contributed by atoms with van der Waals surface area (Å²) in [5, 5.41) is 35.1. The van der Waals surface area contributed by atoms with Crippen molar-refractivity contribution in [2.45, 2.75) is 62.9 Å². The van der Waals surface area contributed by atoms with Crippen LogP contribution in [0.3, 0.4) is 0 Å². The number of nitrogens with one attached hydrogen (secondary N) is 3. The lowest BCUT2D eigenvalue weighted by atomic mass is 10.0. The van der Waals surface area contributed by atoms with Gasteiger partial charge in [-0.05, 0) is 31.0 Å². The minimum atomic E-state index is -1.63. The highest BCUT2D eigenvalue weighted by Crippen LogP contribution is 2.12. The lowest BCUT2D eigenvalue weighted by Crippen LogP contribution is -2.58. The van der Waals surface area contributed by atoms with Gasteiger partial charge in [0, 0.05) is 12.8 Å². The van der Waals surface area contributed by atoms with Crippen molar-refractivity contribution in [3.63, 3.8) is 0 Å². The number of carboxylic acids is 1. The molecule has 0 fully saturated rings. The predicted molar refractivity (Wildman–Crippen MR) is 127 cm³/mol. The molecule has 0 radical (unpaired) electrons. The summed E-state index contributed by atoms with van der Waals surface area (Å²) in [4.78, 5) is 72.4. The maximum Gasteiger partial charge on any atom is 0.326 e. The minimum absolute atomic E-state index is 0.0451. The molecule has 1 aromatic carbocycles. The summed E-state index contributed by atoms with van der Waals surface area (Å²) in [7, 11) is 0. The van der Waals surface area contributed by atoms with Gasteiger partial charge >= 0.3 is 5.97 Å². The highest BCUT2D eigenvalue weighted by molar-refractivity contribution is 5.96. The van der Waals surface area contributed by atoms with Gasteiger partial charge in [0.1, 0.15) is 29.9 Å². The molecule has 0 aliphatic rings. The Morgan fingerprint density at radius 2 is 1.35 bits per heavy atom. The highest BCUT2D eigenvalue weighted by Gasteiger charge is 2.32. The van der Waals surface area contributed by atoms with Crippen LogP contribution in [0.2, 0.25) is 0 Å². The van der Waals surface area contributed by atoms with Crippen molar-refractivity contribution >= 4 is 35.5 Å². The number of aliphatic hydroxyl groups is 1. The summed E-state index contributed by atoms with van der Waals surface area (Å²) in [6.45, 7) is 1.24. The Bertz CT molecular complexity index is 999. The molecular weight excluding hydrogens is 492 g/mol. The third-order valence-electron chi connectivity index (χ3n) is 5.16. The van der Waals surface area contributed by atoms with E-state index in [0.717, 1.165) is 0 Å². The summed E-state index contributed by atoms with van der Waals surface area (Å²) in [5.74, 6) is -6.26. The number of amides is 5. The number of benzene rings is 1. The molecule has 0 aliphatic carbocycles. The van der Waals surface area contributed by atoms with Crippen LogP contribution in [0.4, 0.5) is 0 Å². The van der Waals surface area contributed by atoms with Crippen molar-refractivity contribution in [1.82, 2.24) is 16.0 Å². The SMILES string of the molecule is CC(O)C(N)C(=O)NC(CCC(N)=O)C(=O)NC(CC(N)=O)C(=O)NC(Cc1ccc(O)cc1)C(=O)O. The number of aliphatic hydroxyl groups excluding tert-OH is 1. The number of carboxylic acid groups (broad SMARTS) is 1. The van der Waals surface area contributed by atoms with E-state index in [9.17, 15) is 44.1 Å². The molecule has 0 bridgehead atoms. The van der Waals surface area contributed by atoms with E-state index in [4.69, 9.17) is 17.2 Å². The molecule has 0 saturated carbocycles. The molecule has 37 heavy (non-hydrogen) atoms. The largest absolute Gasteiger partial charge is 0.508 e. The van der Waals surface area contributed by atoms with E-state index in [1.807, 2.05) is 0 Å². The molecule has 5 unspecified atom stereocenters. The fraction of sp³-hybridized carbons (Fsp3) is 0.455. The number of nitrogens with two attached hydrogens (primary N) is 3. The highest BCUT2D eigenvalue weighted by atomic mass is 16.4. The smallest absolute Gasteiger partial charge is 0.326 e. The predicted octanol–water partition coefficient (Wildman–Crippen LogP) is -3.68. The number of phenolic OH excluding ortho intramolecular Hbond substituents is 1. The fourth-order valence-electron chi connectivity index (χ4n) is 3.07. The van der Waals surface area contributed by atoms with Crippen LogP contribution in [0.5, 0.6) is 5.75 Å². The van der Waals surface area contributed by atoms with E-state index in [2.05, 4.69) is 16.0 Å². The zero-order valence-electron chi connectivity index (χ0n) is 20.0. The summed E-state index contributed by atoms with van der Waals surface area (Å²) in [5.41, 5.74) is 16.3. The van der Waals surface area contributed by atoms with Crippen LogP contribution in [-0.4, -0.2) is 81.1 Å². The first-order valence-corrected chi connectivity index (χ1v) is 11.1. The molecule has 0 aliphatic heterocycles. The summed E-state index contributed by atoms with van der Waals surface area (Å²) in [6.07, 6.45) is -2.82. The van der Waals surface area contributed by atoms with Crippen LogP contribution in [0.1, 0.15) is 31.7 Å². The second-order valence-corrected chi connectivity index (χ2v) is 8.33. The van der Waals surface area contributed by atoms with Gasteiger partial charge in [0.2, 0.25) is 29.5 Å². The van der Waals surface area contributed by atoms with E-state index in [-0.39, 0.29) is 25.0 Å². The average molecular weight is 525 g/mol. The number of carbonyl (C=O) groups is 6. The number of hydrogen-bond acceptors (Lipinski definition) is 9. The zero-order chi connectivity index (χ0) is 28.3. The van der Waals surface area contributed by atoms with Crippen LogP contribution >= 0.6 is 0 Å². The van der Waals surface area contributed by atoms with Gasteiger partial charge in [0.25, 0.3) is 0 Å². The van der Waals surface area contributed by atoms with Crippen LogP contribution < -0.4 is 33.2 Å². The molecule has 15 nitrogen and oxygen atoms in total. The Morgan fingerprint density at radius 3 is 1.84 bits per heavy atom. The molecule has 1 rings (SSSR count). The molecule has 1 aromatic rings.